The van der Waals surface area contributed by atoms with Gasteiger partial charge in [-0.15, -0.1) is 0 Å². The van der Waals surface area contributed by atoms with Gasteiger partial charge < -0.3 is 16.5 Å². The van der Waals surface area contributed by atoms with Crippen molar-refractivity contribution >= 4 is 10.9 Å². The molecule has 0 radical (unpaired) electrons. The van der Waals surface area contributed by atoms with Crippen molar-refractivity contribution in [1.82, 2.24) is 4.98 Å². The van der Waals surface area contributed by atoms with Crippen LogP contribution in [0.5, 0.6) is 0 Å². The molecule has 2 aromatic rings. The number of H-pyrrole nitrogens is 1. The molecule has 0 saturated heterocycles. The molecule has 1 heterocycles. The zero-order valence-electron chi connectivity index (χ0n) is 10.9. The van der Waals surface area contributed by atoms with Crippen molar-refractivity contribution in [2.24, 2.45) is 11.5 Å². The van der Waals surface area contributed by atoms with Gasteiger partial charge in [0.2, 0.25) is 0 Å². The largest absolute Gasteiger partial charge is 0.358 e. The Kier molecular flexibility index (Phi) is 2.88. The molecule has 1 aromatic carbocycles. The van der Waals surface area contributed by atoms with Crippen LogP contribution in [-0.4, -0.2) is 17.6 Å². The number of hydrogen-bond acceptors (Lipinski definition) is 2. The first-order valence-electron chi connectivity index (χ1n) is 6.77. The third kappa shape index (κ3) is 1.74. The van der Waals surface area contributed by atoms with Crippen LogP contribution in [0.2, 0.25) is 0 Å². The summed E-state index contributed by atoms with van der Waals surface area (Å²) in [4.78, 5) is 3.57. The van der Waals surface area contributed by atoms with Gasteiger partial charge in [-0.05, 0) is 43.9 Å². The first-order valence-corrected chi connectivity index (χ1v) is 6.77. The Bertz CT molecular complexity index is 570. The molecule has 2 atom stereocenters. The summed E-state index contributed by atoms with van der Waals surface area (Å²) in [5.41, 5.74) is 17.3. The van der Waals surface area contributed by atoms with Crippen LogP contribution in [0.3, 0.4) is 0 Å². The molecule has 1 aliphatic carbocycles. The third-order valence-corrected chi connectivity index (χ3v) is 4.20. The predicted molar refractivity (Wildman–Crippen MR) is 75.7 cm³/mol. The summed E-state index contributed by atoms with van der Waals surface area (Å²) in [5, 5.41) is 1.37. The number of aryl methyl sites for hydroxylation is 2. The van der Waals surface area contributed by atoms with E-state index in [9.17, 15) is 0 Å². The van der Waals surface area contributed by atoms with Gasteiger partial charge in [0.15, 0.2) is 0 Å². The quantitative estimate of drug-likeness (QED) is 0.756. The van der Waals surface area contributed by atoms with E-state index in [1.165, 1.54) is 34.1 Å². The van der Waals surface area contributed by atoms with Crippen LogP contribution in [0.25, 0.3) is 10.9 Å². The van der Waals surface area contributed by atoms with Gasteiger partial charge in [-0.3, -0.25) is 0 Å². The molecule has 0 bridgehead atoms. The van der Waals surface area contributed by atoms with Gasteiger partial charge >= 0.3 is 0 Å². The SMILES string of the molecule is Cc1ccc2[nH]c3c(c2c1)CCCC3C(N)CN. The van der Waals surface area contributed by atoms with Crippen molar-refractivity contribution in [3.8, 4) is 0 Å². The smallest absolute Gasteiger partial charge is 0.0459 e. The molecule has 5 N–H and O–H groups in total. The zero-order chi connectivity index (χ0) is 12.7. The molecule has 18 heavy (non-hydrogen) atoms. The average molecular weight is 243 g/mol. The van der Waals surface area contributed by atoms with Crippen LogP contribution >= 0.6 is 0 Å². The minimum atomic E-state index is 0.0678. The van der Waals surface area contributed by atoms with Crippen LogP contribution in [0.1, 0.15) is 35.6 Å². The molecule has 0 aliphatic heterocycles. The highest BCUT2D eigenvalue weighted by Gasteiger charge is 2.27. The number of aromatic nitrogens is 1. The zero-order valence-corrected chi connectivity index (χ0v) is 10.9. The van der Waals surface area contributed by atoms with Crippen molar-refractivity contribution in [3.05, 3.63) is 35.0 Å². The standard InChI is InChI=1S/C15H21N3/c1-9-5-6-14-12(7-9)10-3-2-4-11(13(17)8-16)15(10)18-14/h5-7,11,13,18H,2-4,8,16-17H2,1H3. The molecule has 3 heteroatoms. The molecule has 0 fully saturated rings. The number of nitrogens with one attached hydrogen (secondary N) is 1. The summed E-state index contributed by atoms with van der Waals surface area (Å²) in [6.07, 6.45) is 3.52. The van der Waals surface area contributed by atoms with Crippen LogP contribution in [0, 0.1) is 6.92 Å². The van der Waals surface area contributed by atoms with E-state index >= 15 is 0 Å². The fourth-order valence-electron chi connectivity index (χ4n) is 3.20. The molecule has 0 spiro atoms. The van der Waals surface area contributed by atoms with Crippen molar-refractivity contribution < 1.29 is 0 Å². The number of nitrogens with two attached hydrogens (primary N) is 2. The molecular weight excluding hydrogens is 222 g/mol. The Hall–Kier alpha value is -1.32. The van der Waals surface area contributed by atoms with E-state index in [0.29, 0.717) is 12.5 Å². The number of rotatable bonds is 2. The van der Waals surface area contributed by atoms with Crippen LogP contribution < -0.4 is 11.5 Å². The number of benzene rings is 1. The van der Waals surface area contributed by atoms with Gasteiger partial charge in [-0.1, -0.05) is 11.6 Å². The minimum absolute atomic E-state index is 0.0678. The lowest BCUT2D eigenvalue weighted by atomic mass is 9.82. The number of hydrogen-bond donors (Lipinski definition) is 3. The Balaban J connectivity index is 2.15. The third-order valence-electron chi connectivity index (χ3n) is 4.20. The second-order valence-corrected chi connectivity index (χ2v) is 5.46. The van der Waals surface area contributed by atoms with Gasteiger partial charge in [0.05, 0.1) is 0 Å². The fraction of sp³-hybridized carbons (Fsp3) is 0.467. The molecule has 96 valence electrons. The topological polar surface area (TPSA) is 67.8 Å². The Morgan fingerprint density at radius 1 is 1.44 bits per heavy atom. The monoisotopic (exact) mass is 243 g/mol. The van der Waals surface area contributed by atoms with E-state index in [2.05, 4.69) is 30.1 Å². The van der Waals surface area contributed by atoms with Gasteiger partial charge in [0, 0.05) is 35.1 Å². The molecule has 1 aliphatic rings. The maximum absolute atomic E-state index is 6.17. The first kappa shape index (κ1) is 11.8. The minimum Gasteiger partial charge on any atom is -0.358 e. The molecule has 3 rings (SSSR count). The van der Waals surface area contributed by atoms with Gasteiger partial charge in [0.1, 0.15) is 0 Å². The molecular formula is C15H21N3. The van der Waals surface area contributed by atoms with Gasteiger partial charge in [-0.25, -0.2) is 0 Å². The van der Waals surface area contributed by atoms with Crippen molar-refractivity contribution in [3.63, 3.8) is 0 Å². The summed E-state index contributed by atoms with van der Waals surface area (Å²) in [5.74, 6) is 0.395. The van der Waals surface area contributed by atoms with E-state index in [-0.39, 0.29) is 6.04 Å². The Morgan fingerprint density at radius 2 is 2.28 bits per heavy atom. The lowest BCUT2D eigenvalue weighted by Gasteiger charge is -2.27. The van der Waals surface area contributed by atoms with Crippen LogP contribution in [-0.2, 0) is 6.42 Å². The maximum atomic E-state index is 6.17. The van der Waals surface area contributed by atoms with E-state index in [4.69, 9.17) is 11.5 Å². The summed E-state index contributed by atoms with van der Waals surface area (Å²) in [7, 11) is 0. The van der Waals surface area contributed by atoms with E-state index in [0.717, 1.165) is 12.8 Å². The highest BCUT2D eigenvalue weighted by atomic mass is 14.8. The summed E-state index contributed by atoms with van der Waals surface area (Å²) in [6.45, 7) is 2.70. The van der Waals surface area contributed by atoms with Crippen molar-refractivity contribution in [2.45, 2.75) is 38.1 Å². The normalized spacial score (nSPS) is 20.9. The maximum Gasteiger partial charge on any atom is 0.0459 e. The summed E-state index contributed by atoms with van der Waals surface area (Å²) in [6, 6.07) is 6.68. The van der Waals surface area contributed by atoms with E-state index in [1.807, 2.05) is 0 Å². The van der Waals surface area contributed by atoms with E-state index in [1.54, 1.807) is 0 Å². The second kappa shape index (κ2) is 4.41. The second-order valence-electron chi connectivity index (χ2n) is 5.46. The van der Waals surface area contributed by atoms with Crippen molar-refractivity contribution in [1.29, 1.82) is 0 Å². The highest BCUT2D eigenvalue weighted by molar-refractivity contribution is 5.85. The molecule has 0 amide bonds. The number of fused-ring (bicyclic) bond motifs is 3. The van der Waals surface area contributed by atoms with Crippen LogP contribution in [0.15, 0.2) is 18.2 Å². The van der Waals surface area contributed by atoms with Gasteiger partial charge in [-0.2, -0.15) is 0 Å². The van der Waals surface area contributed by atoms with Gasteiger partial charge in [0.25, 0.3) is 0 Å². The number of aromatic amines is 1. The fourth-order valence-corrected chi connectivity index (χ4v) is 3.20. The Morgan fingerprint density at radius 3 is 3.06 bits per heavy atom. The predicted octanol–water partition coefficient (Wildman–Crippen LogP) is 2.18. The molecule has 1 aromatic heterocycles. The van der Waals surface area contributed by atoms with E-state index < -0.39 is 0 Å². The van der Waals surface area contributed by atoms with Crippen molar-refractivity contribution in [2.75, 3.05) is 6.54 Å². The molecule has 0 saturated carbocycles. The highest BCUT2D eigenvalue weighted by Crippen LogP contribution is 2.37. The summed E-state index contributed by atoms with van der Waals surface area (Å²) >= 11 is 0. The summed E-state index contributed by atoms with van der Waals surface area (Å²) < 4.78 is 0. The Labute approximate surface area is 108 Å². The molecule has 3 nitrogen and oxygen atoms in total. The molecule has 2 unspecified atom stereocenters. The first-order chi connectivity index (χ1) is 8.70. The average Bonchev–Trinajstić information content (AvgIpc) is 2.75. The lowest BCUT2D eigenvalue weighted by Crippen LogP contribution is -2.37. The lowest BCUT2D eigenvalue weighted by molar-refractivity contribution is 0.461. The van der Waals surface area contributed by atoms with Crippen LogP contribution in [0.4, 0.5) is 0 Å².